The van der Waals surface area contributed by atoms with E-state index in [4.69, 9.17) is 11.5 Å². The summed E-state index contributed by atoms with van der Waals surface area (Å²) in [6.07, 6.45) is 2.12. The van der Waals surface area contributed by atoms with E-state index in [1.165, 1.54) is 0 Å². The van der Waals surface area contributed by atoms with Gasteiger partial charge in [-0.2, -0.15) is 0 Å². The smallest absolute Gasteiger partial charge is 0.239 e. The summed E-state index contributed by atoms with van der Waals surface area (Å²) in [5, 5.41) is 2.53. The maximum Gasteiger partial charge on any atom is 0.239 e. The van der Waals surface area contributed by atoms with Crippen LogP contribution in [0, 0.1) is 5.92 Å². The van der Waals surface area contributed by atoms with Crippen molar-refractivity contribution in [3.63, 3.8) is 0 Å². The Balaban J connectivity index is 3.70. The van der Waals surface area contributed by atoms with Crippen LogP contribution >= 0.6 is 0 Å². The van der Waals surface area contributed by atoms with Crippen LogP contribution in [0.5, 0.6) is 0 Å². The van der Waals surface area contributed by atoms with Crippen molar-refractivity contribution < 1.29 is 9.59 Å². The summed E-state index contributed by atoms with van der Waals surface area (Å²) in [4.78, 5) is 22.0. The van der Waals surface area contributed by atoms with Gasteiger partial charge in [-0.15, -0.1) is 0 Å². The lowest BCUT2D eigenvalue weighted by molar-refractivity contribution is -0.127. The fourth-order valence-corrected chi connectivity index (χ4v) is 1.19. The number of carbonyl (C=O) groups excluding carboxylic acids is 2. The van der Waals surface area contributed by atoms with Gasteiger partial charge in [-0.3, -0.25) is 9.59 Å². The van der Waals surface area contributed by atoms with Gasteiger partial charge in [0, 0.05) is 6.42 Å². The molecule has 88 valence electrons. The average molecular weight is 215 g/mol. The van der Waals surface area contributed by atoms with E-state index < -0.39 is 11.9 Å². The molecule has 0 aromatic carbocycles. The fourth-order valence-electron chi connectivity index (χ4n) is 1.19. The maximum atomic E-state index is 11.3. The minimum Gasteiger partial charge on any atom is -0.368 e. The number of carbonyl (C=O) groups is 2. The number of nitrogens with two attached hydrogens (primary N) is 2. The molecular formula is C10H21N3O2. The van der Waals surface area contributed by atoms with Gasteiger partial charge in [-0.1, -0.05) is 6.92 Å². The molecule has 0 saturated carbocycles. The Kier molecular flexibility index (Phi) is 6.70. The summed E-state index contributed by atoms with van der Waals surface area (Å²) in [5.74, 6) is -0.215. The molecule has 0 bridgehead atoms. The number of nitrogens with one attached hydrogen (secondary N) is 1. The van der Waals surface area contributed by atoms with Gasteiger partial charge in [0.2, 0.25) is 11.8 Å². The molecule has 0 heterocycles. The molecule has 5 N–H and O–H groups in total. The van der Waals surface area contributed by atoms with Crippen molar-refractivity contribution in [1.82, 2.24) is 5.32 Å². The predicted octanol–water partition coefficient (Wildman–Crippen LogP) is -0.258. The van der Waals surface area contributed by atoms with E-state index >= 15 is 0 Å². The van der Waals surface area contributed by atoms with Crippen molar-refractivity contribution in [3.05, 3.63) is 0 Å². The van der Waals surface area contributed by atoms with Gasteiger partial charge in [0.05, 0.1) is 0 Å². The zero-order valence-corrected chi connectivity index (χ0v) is 9.45. The Labute approximate surface area is 90.6 Å². The maximum absolute atomic E-state index is 11.3. The van der Waals surface area contributed by atoms with Crippen LogP contribution in [0.15, 0.2) is 0 Å². The SMILES string of the molecule is CC(CCN)CCC(=O)NC(C)C(N)=O. The quantitative estimate of drug-likeness (QED) is 0.545. The highest BCUT2D eigenvalue weighted by atomic mass is 16.2. The molecule has 0 rings (SSSR count). The molecule has 0 spiro atoms. The first kappa shape index (κ1) is 13.9. The van der Waals surface area contributed by atoms with Crippen LogP contribution in [-0.2, 0) is 9.59 Å². The molecule has 0 aliphatic carbocycles. The van der Waals surface area contributed by atoms with Gasteiger partial charge >= 0.3 is 0 Å². The van der Waals surface area contributed by atoms with Crippen LogP contribution < -0.4 is 16.8 Å². The van der Waals surface area contributed by atoms with E-state index in [0.29, 0.717) is 18.9 Å². The Morgan fingerprint density at radius 3 is 2.33 bits per heavy atom. The molecule has 0 saturated heterocycles. The van der Waals surface area contributed by atoms with Crippen LogP contribution in [0.2, 0.25) is 0 Å². The van der Waals surface area contributed by atoms with Gasteiger partial charge in [0.1, 0.15) is 6.04 Å². The van der Waals surface area contributed by atoms with Crippen molar-refractivity contribution >= 4 is 11.8 Å². The lowest BCUT2D eigenvalue weighted by Crippen LogP contribution is -2.42. The van der Waals surface area contributed by atoms with Crippen molar-refractivity contribution in [1.29, 1.82) is 0 Å². The number of hydrogen-bond donors (Lipinski definition) is 3. The largest absolute Gasteiger partial charge is 0.368 e. The third-order valence-electron chi connectivity index (χ3n) is 2.33. The Hall–Kier alpha value is -1.10. The number of amides is 2. The second kappa shape index (κ2) is 7.23. The molecule has 15 heavy (non-hydrogen) atoms. The van der Waals surface area contributed by atoms with Crippen molar-refractivity contribution in [2.24, 2.45) is 17.4 Å². The summed E-state index contributed by atoms with van der Waals surface area (Å²) in [5.41, 5.74) is 10.4. The zero-order chi connectivity index (χ0) is 11.8. The standard InChI is InChI=1S/C10H21N3O2/c1-7(5-6-11)3-4-9(14)13-8(2)10(12)15/h7-8H,3-6,11H2,1-2H3,(H2,12,15)(H,13,14). The number of hydrogen-bond acceptors (Lipinski definition) is 3. The van der Waals surface area contributed by atoms with Crippen LogP contribution in [-0.4, -0.2) is 24.4 Å². The van der Waals surface area contributed by atoms with Crippen molar-refractivity contribution in [2.75, 3.05) is 6.54 Å². The third kappa shape index (κ3) is 6.90. The van der Waals surface area contributed by atoms with E-state index in [1.807, 2.05) is 0 Å². The van der Waals surface area contributed by atoms with Gasteiger partial charge < -0.3 is 16.8 Å². The molecule has 2 amide bonds. The van der Waals surface area contributed by atoms with E-state index in [0.717, 1.165) is 12.8 Å². The highest BCUT2D eigenvalue weighted by Crippen LogP contribution is 2.08. The number of primary amides is 1. The molecule has 0 fully saturated rings. The zero-order valence-electron chi connectivity index (χ0n) is 9.45. The van der Waals surface area contributed by atoms with Crippen LogP contribution in [0.3, 0.4) is 0 Å². The molecule has 0 radical (unpaired) electrons. The predicted molar refractivity (Wildman–Crippen MR) is 58.9 cm³/mol. The molecule has 2 unspecified atom stereocenters. The second-order valence-electron chi connectivity index (χ2n) is 3.91. The summed E-state index contributed by atoms with van der Waals surface area (Å²) in [6, 6.07) is -0.595. The van der Waals surface area contributed by atoms with Gasteiger partial charge in [-0.25, -0.2) is 0 Å². The molecule has 0 aromatic heterocycles. The minimum absolute atomic E-state index is 0.134. The Morgan fingerprint density at radius 2 is 1.87 bits per heavy atom. The normalized spacial score (nSPS) is 14.3. The summed E-state index contributed by atoms with van der Waals surface area (Å²) in [6.45, 7) is 4.27. The van der Waals surface area contributed by atoms with E-state index in [9.17, 15) is 9.59 Å². The van der Waals surface area contributed by atoms with Crippen molar-refractivity contribution in [2.45, 2.75) is 39.2 Å². The summed E-state index contributed by atoms with van der Waals surface area (Å²) in [7, 11) is 0. The van der Waals surface area contributed by atoms with Gasteiger partial charge in [0.15, 0.2) is 0 Å². The van der Waals surface area contributed by atoms with Crippen LogP contribution in [0.1, 0.15) is 33.1 Å². The molecular weight excluding hydrogens is 194 g/mol. The number of rotatable bonds is 7. The fraction of sp³-hybridized carbons (Fsp3) is 0.800. The minimum atomic E-state index is -0.595. The first-order valence-corrected chi connectivity index (χ1v) is 5.26. The van der Waals surface area contributed by atoms with E-state index in [2.05, 4.69) is 12.2 Å². The third-order valence-corrected chi connectivity index (χ3v) is 2.33. The molecule has 0 aromatic rings. The van der Waals surface area contributed by atoms with Crippen molar-refractivity contribution in [3.8, 4) is 0 Å². The first-order valence-electron chi connectivity index (χ1n) is 5.26. The molecule has 5 nitrogen and oxygen atoms in total. The first-order chi connectivity index (χ1) is 6.97. The monoisotopic (exact) mass is 215 g/mol. The Morgan fingerprint density at radius 1 is 1.27 bits per heavy atom. The lowest BCUT2D eigenvalue weighted by atomic mass is 10.0. The molecule has 0 aliphatic heterocycles. The van der Waals surface area contributed by atoms with Gasteiger partial charge in [0.25, 0.3) is 0 Å². The van der Waals surface area contributed by atoms with E-state index in [1.54, 1.807) is 6.92 Å². The molecule has 2 atom stereocenters. The summed E-state index contributed by atoms with van der Waals surface area (Å²) < 4.78 is 0. The average Bonchev–Trinajstić information content (AvgIpc) is 2.15. The van der Waals surface area contributed by atoms with Gasteiger partial charge in [-0.05, 0) is 32.2 Å². The van der Waals surface area contributed by atoms with E-state index in [-0.39, 0.29) is 5.91 Å². The molecule has 0 aliphatic rings. The Bertz CT molecular complexity index is 219. The van der Waals surface area contributed by atoms with Crippen LogP contribution in [0.25, 0.3) is 0 Å². The second-order valence-corrected chi connectivity index (χ2v) is 3.91. The summed E-state index contributed by atoms with van der Waals surface area (Å²) >= 11 is 0. The lowest BCUT2D eigenvalue weighted by Gasteiger charge is -2.12. The van der Waals surface area contributed by atoms with Crippen LogP contribution in [0.4, 0.5) is 0 Å². The molecule has 5 heteroatoms. The highest BCUT2D eigenvalue weighted by Gasteiger charge is 2.12. The topological polar surface area (TPSA) is 98.2 Å². The highest BCUT2D eigenvalue weighted by molar-refractivity contribution is 5.86.